The Bertz CT molecular complexity index is 3080. The van der Waals surface area contributed by atoms with Crippen molar-refractivity contribution in [3.8, 4) is 16.8 Å². The van der Waals surface area contributed by atoms with Gasteiger partial charge in [-0.25, -0.2) is 4.99 Å². The number of benzene rings is 8. The lowest BCUT2D eigenvalue weighted by atomic mass is 9.97. The monoisotopic (exact) mass is 691 g/mol. The van der Waals surface area contributed by atoms with Gasteiger partial charge in [0.15, 0.2) is 0 Å². The summed E-state index contributed by atoms with van der Waals surface area (Å²) >= 11 is 0. The van der Waals surface area contributed by atoms with E-state index in [4.69, 9.17) is 9.98 Å². The summed E-state index contributed by atoms with van der Waals surface area (Å²) in [6, 6.07) is 66.8. The van der Waals surface area contributed by atoms with E-state index in [1.165, 1.54) is 32.6 Å². The first-order valence-corrected chi connectivity index (χ1v) is 18.4. The van der Waals surface area contributed by atoms with Crippen molar-refractivity contribution < 1.29 is 0 Å². The lowest BCUT2D eigenvalue weighted by Gasteiger charge is -2.26. The SMILES string of the molecule is c1ccc(C2=NC(n3c4cc(-n5c6ccccc6c6ccccc65)ccc4c4cc5ccccc5cc43)=NC(c3ccccc3-c3ccccc3)N2)cc1. The molecule has 1 N–H and O–H groups in total. The molecule has 11 rings (SSSR count). The lowest BCUT2D eigenvalue weighted by Crippen LogP contribution is -2.35. The van der Waals surface area contributed by atoms with Gasteiger partial charge in [0, 0.05) is 38.4 Å². The Morgan fingerprint density at radius 2 is 1.00 bits per heavy atom. The van der Waals surface area contributed by atoms with Crippen molar-refractivity contribution in [1.29, 1.82) is 0 Å². The third kappa shape index (κ3) is 4.79. The van der Waals surface area contributed by atoms with Crippen molar-refractivity contribution in [2.45, 2.75) is 6.17 Å². The summed E-state index contributed by atoms with van der Waals surface area (Å²) in [6.07, 6.45) is -0.391. The Morgan fingerprint density at radius 1 is 0.426 bits per heavy atom. The Morgan fingerprint density at radius 3 is 1.74 bits per heavy atom. The summed E-state index contributed by atoms with van der Waals surface area (Å²) in [7, 11) is 0. The van der Waals surface area contributed by atoms with E-state index in [0.29, 0.717) is 5.96 Å². The van der Waals surface area contributed by atoms with Crippen LogP contribution in [-0.4, -0.2) is 20.9 Å². The van der Waals surface area contributed by atoms with Crippen LogP contribution in [0.5, 0.6) is 0 Å². The van der Waals surface area contributed by atoms with Crippen molar-refractivity contribution in [2.75, 3.05) is 0 Å². The average Bonchev–Trinajstić information content (AvgIpc) is 3.75. The van der Waals surface area contributed by atoms with Crippen LogP contribution in [0.15, 0.2) is 198 Å². The van der Waals surface area contributed by atoms with Crippen LogP contribution in [0.4, 0.5) is 0 Å². The van der Waals surface area contributed by atoms with Crippen molar-refractivity contribution >= 4 is 66.2 Å². The van der Waals surface area contributed by atoms with Crippen LogP contribution >= 0.6 is 0 Å². The minimum absolute atomic E-state index is 0.391. The standard InChI is InChI=1S/C49H33N5/c1-3-15-32(16-4-1)37-21-9-10-24-41(37)48-50-47(33-17-5-2-6-18-33)51-49(52-48)54-45-30-35-20-8-7-19-34(35)29-42(45)40-28-27-36(31-46(40)54)53-43-25-13-11-22-38(43)39-23-12-14-26-44(39)53/h1-31,48H,(H,50,51,52). The molecule has 8 aromatic carbocycles. The zero-order chi connectivity index (χ0) is 35.6. The first-order valence-electron chi connectivity index (χ1n) is 18.4. The number of para-hydroxylation sites is 2. The Labute approximate surface area is 311 Å². The smallest absolute Gasteiger partial charge is 0.234 e. The van der Waals surface area contributed by atoms with Gasteiger partial charge in [-0.15, -0.1) is 0 Å². The summed E-state index contributed by atoms with van der Waals surface area (Å²) in [5.41, 5.74) is 9.92. The number of rotatable bonds is 4. The molecule has 0 fully saturated rings. The van der Waals surface area contributed by atoms with Gasteiger partial charge in [0.2, 0.25) is 5.96 Å². The fourth-order valence-corrected chi connectivity index (χ4v) is 8.30. The van der Waals surface area contributed by atoms with E-state index in [9.17, 15) is 0 Å². The fraction of sp³-hybridized carbons (Fsp3) is 0.0204. The number of hydrogen-bond donors (Lipinski definition) is 1. The normalized spacial score (nSPS) is 14.5. The molecule has 5 nitrogen and oxygen atoms in total. The van der Waals surface area contributed by atoms with E-state index in [0.717, 1.165) is 55.6 Å². The first-order chi connectivity index (χ1) is 26.8. The molecular formula is C49H33N5. The molecule has 1 unspecified atom stereocenters. The summed E-state index contributed by atoms with van der Waals surface area (Å²) < 4.78 is 4.65. The topological polar surface area (TPSA) is 46.6 Å². The molecule has 0 saturated heterocycles. The van der Waals surface area contributed by atoms with Gasteiger partial charge in [0.25, 0.3) is 0 Å². The highest BCUT2D eigenvalue weighted by molar-refractivity contribution is 6.20. The van der Waals surface area contributed by atoms with E-state index in [1.807, 2.05) is 6.07 Å². The molecule has 10 aromatic rings. The molecule has 2 aromatic heterocycles. The number of nitrogens with zero attached hydrogens (tertiary/aromatic N) is 4. The molecule has 0 bridgehead atoms. The molecule has 3 heterocycles. The second-order valence-corrected chi connectivity index (χ2v) is 13.9. The predicted molar refractivity (Wildman–Crippen MR) is 225 cm³/mol. The van der Waals surface area contributed by atoms with Crippen LogP contribution in [0.1, 0.15) is 17.3 Å². The highest BCUT2D eigenvalue weighted by Gasteiger charge is 2.26. The van der Waals surface area contributed by atoms with Crippen LogP contribution in [0.3, 0.4) is 0 Å². The van der Waals surface area contributed by atoms with Crippen LogP contribution in [-0.2, 0) is 0 Å². The van der Waals surface area contributed by atoms with Crippen molar-refractivity contribution in [1.82, 2.24) is 14.5 Å². The Hall–Kier alpha value is -7.24. The zero-order valence-electron chi connectivity index (χ0n) is 29.3. The molecule has 254 valence electrons. The summed E-state index contributed by atoms with van der Waals surface area (Å²) in [5.74, 6) is 1.41. The maximum absolute atomic E-state index is 5.50. The van der Waals surface area contributed by atoms with Crippen LogP contribution in [0.2, 0.25) is 0 Å². The Balaban J connectivity index is 1.21. The Kier molecular flexibility index (Phi) is 6.85. The zero-order valence-corrected chi connectivity index (χ0v) is 29.3. The number of amidine groups is 1. The molecule has 1 aliphatic heterocycles. The molecule has 0 saturated carbocycles. The third-order valence-electron chi connectivity index (χ3n) is 10.8. The molecule has 0 amide bonds. The largest absolute Gasteiger partial charge is 0.344 e. The van der Waals surface area contributed by atoms with Gasteiger partial charge in [-0.05, 0) is 58.3 Å². The minimum Gasteiger partial charge on any atom is -0.344 e. The number of aliphatic imine (C=N–C) groups is 2. The van der Waals surface area contributed by atoms with Crippen LogP contribution in [0, 0.1) is 0 Å². The molecule has 54 heavy (non-hydrogen) atoms. The van der Waals surface area contributed by atoms with Gasteiger partial charge >= 0.3 is 0 Å². The lowest BCUT2D eigenvalue weighted by molar-refractivity contribution is 0.670. The van der Waals surface area contributed by atoms with Crippen LogP contribution in [0.25, 0.3) is 71.2 Å². The van der Waals surface area contributed by atoms with E-state index < -0.39 is 6.17 Å². The number of nitrogens with one attached hydrogen (secondary N) is 1. The molecule has 0 radical (unpaired) electrons. The highest BCUT2D eigenvalue weighted by Crippen LogP contribution is 2.38. The molecular weight excluding hydrogens is 659 g/mol. The minimum atomic E-state index is -0.391. The van der Waals surface area contributed by atoms with Gasteiger partial charge in [-0.3, -0.25) is 4.57 Å². The molecule has 0 spiro atoms. The molecule has 1 atom stereocenters. The molecule has 1 aliphatic rings. The number of fused-ring (bicyclic) bond motifs is 7. The van der Waals surface area contributed by atoms with Crippen molar-refractivity contribution in [3.05, 3.63) is 199 Å². The van der Waals surface area contributed by atoms with Gasteiger partial charge in [-0.2, -0.15) is 4.99 Å². The molecule has 5 heteroatoms. The fourth-order valence-electron chi connectivity index (χ4n) is 8.30. The number of hydrogen-bond acceptors (Lipinski definition) is 3. The second kappa shape index (κ2) is 12.2. The summed E-state index contributed by atoms with van der Waals surface area (Å²) in [5, 5.41) is 10.9. The quantitative estimate of drug-likeness (QED) is 0.196. The molecule has 0 aliphatic carbocycles. The van der Waals surface area contributed by atoms with Gasteiger partial charge in [-0.1, -0.05) is 152 Å². The van der Waals surface area contributed by atoms with E-state index in [2.05, 4.69) is 196 Å². The third-order valence-corrected chi connectivity index (χ3v) is 10.8. The first kappa shape index (κ1) is 30.4. The average molecular weight is 692 g/mol. The maximum atomic E-state index is 5.50. The summed E-state index contributed by atoms with van der Waals surface area (Å²) in [4.78, 5) is 10.9. The van der Waals surface area contributed by atoms with Crippen LogP contribution < -0.4 is 5.32 Å². The van der Waals surface area contributed by atoms with Crippen molar-refractivity contribution in [2.24, 2.45) is 9.98 Å². The van der Waals surface area contributed by atoms with Gasteiger partial charge in [0.05, 0.1) is 22.1 Å². The summed E-state index contributed by atoms with van der Waals surface area (Å²) in [6.45, 7) is 0. The second-order valence-electron chi connectivity index (χ2n) is 13.9. The highest BCUT2D eigenvalue weighted by atomic mass is 15.3. The number of aromatic nitrogens is 2. The van der Waals surface area contributed by atoms with Gasteiger partial charge < -0.3 is 9.88 Å². The van der Waals surface area contributed by atoms with E-state index in [-0.39, 0.29) is 0 Å². The maximum Gasteiger partial charge on any atom is 0.234 e. The van der Waals surface area contributed by atoms with E-state index in [1.54, 1.807) is 0 Å². The van der Waals surface area contributed by atoms with Crippen molar-refractivity contribution in [3.63, 3.8) is 0 Å². The van der Waals surface area contributed by atoms with Gasteiger partial charge in [0.1, 0.15) is 12.0 Å². The predicted octanol–water partition coefficient (Wildman–Crippen LogP) is 11.7. The van der Waals surface area contributed by atoms with E-state index >= 15 is 0 Å².